The number of aliphatic carboxylic acids is 1. The molecule has 0 unspecified atom stereocenters. The van der Waals surface area contributed by atoms with Crippen LogP contribution < -0.4 is 5.73 Å². The normalized spacial score (nSPS) is 18.6. The Bertz CT molecular complexity index is 414. The molecular formula is C22H39NO2. The molecule has 0 aromatic heterocycles. The van der Waals surface area contributed by atoms with Crippen molar-refractivity contribution in [2.45, 2.75) is 90.4 Å². The lowest BCUT2D eigenvalue weighted by Gasteiger charge is -2.12. The van der Waals surface area contributed by atoms with Crippen molar-refractivity contribution in [1.29, 1.82) is 0 Å². The maximum absolute atomic E-state index is 10.5. The van der Waals surface area contributed by atoms with Crippen LogP contribution in [-0.2, 0) is 4.79 Å². The molecule has 3 heteroatoms. The van der Waals surface area contributed by atoms with Gasteiger partial charge in [-0.25, -0.2) is 0 Å². The molecular weight excluding hydrogens is 310 g/mol. The van der Waals surface area contributed by atoms with Gasteiger partial charge in [0.25, 0.3) is 0 Å². The van der Waals surface area contributed by atoms with Gasteiger partial charge < -0.3 is 10.8 Å². The molecule has 0 saturated carbocycles. The fourth-order valence-electron chi connectivity index (χ4n) is 3.79. The molecule has 1 rings (SSSR count). The second-order valence-corrected chi connectivity index (χ2v) is 7.57. The first-order valence-corrected chi connectivity index (χ1v) is 10.4. The molecule has 25 heavy (non-hydrogen) atoms. The zero-order valence-corrected chi connectivity index (χ0v) is 16.2. The van der Waals surface area contributed by atoms with Crippen molar-refractivity contribution in [2.75, 3.05) is 6.54 Å². The molecule has 1 aliphatic rings. The highest BCUT2D eigenvalue weighted by Crippen LogP contribution is 2.30. The number of carboxylic acids is 1. The summed E-state index contributed by atoms with van der Waals surface area (Å²) >= 11 is 0. The third kappa shape index (κ3) is 11.2. The predicted molar refractivity (Wildman–Crippen MR) is 107 cm³/mol. The first-order chi connectivity index (χ1) is 12.2. The number of allylic oxidation sites excluding steroid dienone is 3. The van der Waals surface area contributed by atoms with E-state index in [0.29, 0.717) is 6.42 Å². The van der Waals surface area contributed by atoms with Crippen LogP contribution in [0.3, 0.4) is 0 Å². The minimum absolute atomic E-state index is 0.247. The van der Waals surface area contributed by atoms with E-state index in [1.165, 1.54) is 57.8 Å². The van der Waals surface area contributed by atoms with E-state index in [2.05, 4.69) is 19.1 Å². The van der Waals surface area contributed by atoms with E-state index >= 15 is 0 Å². The van der Waals surface area contributed by atoms with Gasteiger partial charge in [-0.3, -0.25) is 4.79 Å². The molecule has 0 radical (unpaired) electrons. The average Bonchev–Trinajstić information content (AvgIpc) is 3.03. The molecule has 0 saturated heterocycles. The van der Waals surface area contributed by atoms with Gasteiger partial charge in [-0.1, -0.05) is 69.2 Å². The molecule has 144 valence electrons. The Balaban J connectivity index is 2.01. The molecule has 3 N–H and O–H groups in total. The maximum atomic E-state index is 10.5. The Morgan fingerprint density at radius 3 is 2.84 bits per heavy atom. The van der Waals surface area contributed by atoms with Gasteiger partial charge in [-0.05, 0) is 56.9 Å². The molecule has 0 spiro atoms. The zero-order valence-electron chi connectivity index (χ0n) is 16.2. The highest BCUT2D eigenvalue weighted by atomic mass is 16.4. The van der Waals surface area contributed by atoms with Crippen molar-refractivity contribution >= 4 is 5.97 Å². The van der Waals surface area contributed by atoms with Crippen LogP contribution in [0.15, 0.2) is 23.8 Å². The monoisotopic (exact) mass is 349 g/mol. The Hall–Kier alpha value is -1.09. The summed E-state index contributed by atoms with van der Waals surface area (Å²) in [6, 6.07) is 0. The smallest absolute Gasteiger partial charge is 0.303 e. The molecule has 2 atom stereocenters. The fraction of sp³-hybridized carbons (Fsp3) is 0.773. The minimum Gasteiger partial charge on any atom is -0.481 e. The quantitative estimate of drug-likeness (QED) is 0.288. The molecule has 0 aromatic carbocycles. The lowest BCUT2D eigenvalue weighted by atomic mass is 9.94. The van der Waals surface area contributed by atoms with E-state index in [0.717, 1.165) is 31.2 Å². The summed E-state index contributed by atoms with van der Waals surface area (Å²) in [5, 5.41) is 8.62. The highest BCUT2D eigenvalue weighted by Gasteiger charge is 2.14. The van der Waals surface area contributed by atoms with Gasteiger partial charge in [0.2, 0.25) is 0 Å². The van der Waals surface area contributed by atoms with Gasteiger partial charge in [-0.2, -0.15) is 0 Å². The summed E-state index contributed by atoms with van der Waals surface area (Å²) < 4.78 is 0. The van der Waals surface area contributed by atoms with E-state index in [-0.39, 0.29) is 6.42 Å². The van der Waals surface area contributed by atoms with Gasteiger partial charge in [0.05, 0.1) is 0 Å². The molecule has 1 aliphatic carbocycles. The van der Waals surface area contributed by atoms with Gasteiger partial charge >= 0.3 is 5.97 Å². The number of nitrogens with two attached hydrogens (primary N) is 1. The molecule has 0 heterocycles. The van der Waals surface area contributed by atoms with Gasteiger partial charge in [0, 0.05) is 6.42 Å². The maximum Gasteiger partial charge on any atom is 0.303 e. The van der Waals surface area contributed by atoms with Crippen molar-refractivity contribution in [1.82, 2.24) is 0 Å². The number of hydrogen-bond donors (Lipinski definition) is 2. The van der Waals surface area contributed by atoms with Crippen LogP contribution in [0.2, 0.25) is 0 Å². The minimum atomic E-state index is -0.708. The van der Waals surface area contributed by atoms with Crippen LogP contribution in [-0.4, -0.2) is 17.6 Å². The van der Waals surface area contributed by atoms with Crippen molar-refractivity contribution < 1.29 is 9.90 Å². The largest absolute Gasteiger partial charge is 0.481 e. The zero-order chi connectivity index (χ0) is 18.3. The Morgan fingerprint density at radius 2 is 2.12 bits per heavy atom. The summed E-state index contributed by atoms with van der Waals surface area (Å²) in [6.45, 7) is 3.06. The second-order valence-electron chi connectivity index (χ2n) is 7.57. The Kier molecular flexibility index (Phi) is 12.4. The van der Waals surface area contributed by atoms with E-state index in [1.54, 1.807) is 5.57 Å². The highest BCUT2D eigenvalue weighted by molar-refractivity contribution is 5.66. The Morgan fingerprint density at radius 1 is 1.32 bits per heavy atom. The van der Waals surface area contributed by atoms with Gasteiger partial charge in [0.15, 0.2) is 0 Å². The number of carboxylic acid groups (broad SMARTS) is 1. The third-order valence-corrected chi connectivity index (χ3v) is 5.45. The van der Waals surface area contributed by atoms with Crippen LogP contribution in [0.25, 0.3) is 0 Å². The topological polar surface area (TPSA) is 63.3 Å². The van der Waals surface area contributed by atoms with Crippen molar-refractivity contribution in [3.8, 4) is 0 Å². The van der Waals surface area contributed by atoms with Crippen molar-refractivity contribution in [3.63, 3.8) is 0 Å². The van der Waals surface area contributed by atoms with Crippen LogP contribution in [0.4, 0.5) is 0 Å². The lowest BCUT2D eigenvalue weighted by Crippen LogP contribution is -1.98. The van der Waals surface area contributed by atoms with E-state index in [9.17, 15) is 4.79 Å². The van der Waals surface area contributed by atoms with Crippen LogP contribution in [0.5, 0.6) is 0 Å². The molecule has 0 aliphatic heterocycles. The van der Waals surface area contributed by atoms with Crippen molar-refractivity contribution in [2.24, 2.45) is 17.6 Å². The summed E-state index contributed by atoms with van der Waals surface area (Å²) in [5.74, 6) is 0.874. The van der Waals surface area contributed by atoms with Crippen LogP contribution in [0, 0.1) is 11.8 Å². The molecule has 0 aromatic rings. The third-order valence-electron chi connectivity index (χ3n) is 5.45. The van der Waals surface area contributed by atoms with Crippen LogP contribution >= 0.6 is 0 Å². The Labute approximate surface area is 154 Å². The number of rotatable bonds is 15. The summed E-state index contributed by atoms with van der Waals surface area (Å²) in [4.78, 5) is 10.5. The lowest BCUT2D eigenvalue weighted by molar-refractivity contribution is -0.136. The first kappa shape index (κ1) is 22.0. The average molecular weight is 350 g/mol. The first-order valence-electron chi connectivity index (χ1n) is 10.4. The van der Waals surface area contributed by atoms with Gasteiger partial charge in [-0.15, -0.1) is 0 Å². The number of carbonyl (C=O) groups is 1. The predicted octanol–water partition coefficient (Wildman–Crippen LogP) is 5.85. The molecule has 0 bridgehead atoms. The standard InChI is InChI=1S/C22H39NO2/c1-2-19(11-8-5-9-13-22(24)25)10-6-3-4-7-12-20-14-15-21(18-20)16-17-23/h5,8,18-20H,2-4,6-7,9-17,23H2,1H3,(H,24,25)/b8-5+/t19-,20+/m1/s1. The van der Waals surface area contributed by atoms with E-state index < -0.39 is 5.97 Å². The SMILES string of the molecule is CC[C@@H](C/C=C/CCC(=O)O)CCCCCC[C@@H]1C=C(CCN)CC1. The summed E-state index contributed by atoms with van der Waals surface area (Å²) in [7, 11) is 0. The molecule has 0 fully saturated rings. The number of hydrogen-bond acceptors (Lipinski definition) is 2. The number of unbranched alkanes of at least 4 members (excludes halogenated alkanes) is 3. The van der Waals surface area contributed by atoms with E-state index in [1.807, 2.05) is 6.08 Å². The van der Waals surface area contributed by atoms with Crippen molar-refractivity contribution in [3.05, 3.63) is 23.8 Å². The fourth-order valence-corrected chi connectivity index (χ4v) is 3.79. The molecule has 0 amide bonds. The second kappa shape index (κ2) is 14.1. The summed E-state index contributed by atoms with van der Waals surface area (Å²) in [6.07, 6.45) is 21.8. The van der Waals surface area contributed by atoms with Crippen LogP contribution in [0.1, 0.15) is 90.4 Å². The van der Waals surface area contributed by atoms with Gasteiger partial charge in [0.1, 0.15) is 0 Å². The van der Waals surface area contributed by atoms with E-state index in [4.69, 9.17) is 10.8 Å². The summed E-state index contributed by atoms with van der Waals surface area (Å²) in [5.41, 5.74) is 7.23. The molecule has 3 nitrogen and oxygen atoms in total.